The number of nitrogens with one attached hydrogen (secondary N) is 2. The minimum Gasteiger partial charge on any atom is -0.326 e. The van der Waals surface area contributed by atoms with Gasteiger partial charge in [-0.2, -0.15) is 0 Å². The normalized spacial score (nSPS) is 16.0. The highest BCUT2D eigenvalue weighted by Gasteiger charge is 2.28. The van der Waals surface area contributed by atoms with Crippen molar-refractivity contribution in [1.82, 2.24) is 9.62 Å². The zero-order chi connectivity index (χ0) is 22.8. The van der Waals surface area contributed by atoms with Gasteiger partial charge in [-0.15, -0.1) is 0 Å². The summed E-state index contributed by atoms with van der Waals surface area (Å²) in [5.74, 6) is -0.482. The largest absolute Gasteiger partial charge is 0.326 e. The number of hydrogen-bond acceptors (Lipinski definition) is 4. The monoisotopic (exact) mass is 441 g/mol. The molecule has 0 saturated carbocycles. The third-order valence-corrected chi connectivity index (χ3v) is 6.47. The molecule has 31 heavy (non-hydrogen) atoms. The van der Waals surface area contributed by atoms with E-state index in [1.54, 1.807) is 39.1 Å². The standard InChI is InChI=1S/C23H27N3O4S/c1-16(27)26-13-12-17-8-5-6-11-20(17)21(26)15-22(28)24-18-9-7-10-19(14-18)31(29,30)25-23(2,3)4/h5-14,21,25H,15H2,1-4H3,(H,24,28)/t21-/m1/s1. The molecule has 0 aromatic heterocycles. The maximum absolute atomic E-state index is 12.8. The van der Waals surface area contributed by atoms with Crippen LogP contribution in [0.1, 0.15) is 51.3 Å². The number of hydrogen-bond donors (Lipinski definition) is 2. The molecule has 0 unspecified atom stereocenters. The molecule has 1 aliphatic heterocycles. The molecular weight excluding hydrogens is 414 g/mol. The minimum absolute atomic E-state index is 0.0398. The summed E-state index contributed by atoms with van der Waals surface area (Å²) >= 11 is 0. The number of anilines is 1. The highest BCUT2D eigenvalue weighted by Crippen LogP contribution is 2.33. The Hall–Kier alpha value is -2.97. The fourth-order valence-corrected chi connectivity index (χ4v) is 4.97. The molecule has 2 aromatic carbocycles. The van der Waals surface area contributed by atoms with Gasteiger partial charge in [0.05, 0.1) is 17.4 Å². The third kappa shape index (κ3) is 5.59. The number of sulfonamides is 1. The second-order valence-corrected chi connectivity index (χ2v) is 10.2. The Labute approximate surface area is 183 Å². The smallest absolute Gasteiger partial charge is 0.241 e. The number of rotatable bonds is 5. The first-order valence-corrected chi connectivity index (χ1v) is 11.4. The molecule has 2 aromatic rings. The number of fused-ring (bicyclic) bond motifs is 1. The molecule has 1 aliphatic rings. The number of benzene rings is 2. The van der Waals surface area contributed by atoms with Crippen LogP contribution in [-0.4, -0.2) is 30.7 Å². The van der Waals surface area contributed by atoms with Crippen molar-refractivity contribution >= 4 is 33.6 Å². The van der Waals surface area contributed by atoms with Crippen LogP contribution in [0.4, 0.5) is 5.69 Å². The quantitative estimate of drug-likeness (QED) is 0.740. The Morgan fingerprint density at radius 2 is 1.77 bits per heavy atom. The van der Waals surface area contributed by atoms with Crippen molar-refractivity contribution in [1.29, 1.82) is 0 Å². The van der Waals surface area contributed by atoms with Crippen LogP contribution in [-0.2, 0) is 19.6 Å². The van der Waals surface area contributed by atoms with E-state index in [1.165, 1.54) is 24.0 Å². The molecule has 2 amide bonds. The molecule has 2 N–H and O–H groups in total. The van der Waals surface area contributed by atoms with Gasteiger partial charge in [-0.1, -0.05) is 30.3 Å². The van der Waals surface area contributed by atoms with Crippen LogP contribution < -0.4 is 10.0 Å². The summed E-state index contributed by atoms with van der Waals surface area (Å²) in [4.78, 5) is 26.5. The van der Waals surface area contributed by atoms with Gasteiger partial charge in [0.1, 0.15) is 0 Å². The molecule has 1 heterocycles. The molecule has 7 nitrogen and oxygen atoms in total. The van der Waals surface area contributed by atoms with Crippen molar-refractivity contribution in [3.05, 3.63) is 65.9 Å². The summed E-state index contributed by atoms with van der Waals surface area (Å²) in [6.45, 7) is 6.73. The SMILES string of the molecule is CC(=O)N1C=Cc2ccccc2[C@H]1CC(=O)Nc1cccc(S(=O)(=O)NC(C)(C)C)c1. The summed E-state index contributed by atoms with van der Waals surface area (Å²) in [6, 6.07) is 13.3. The molecule has 0 aliphatic carbocycles. The van der Waals surface area contributed by atoms with Gasteiger partial charge in [0.2, 0.25) is 21.8 Å². The number of amides is 2. The minimum atomic E-state index is -3.73. The number of nitrogens with zero attached hydrogens (tertiary/aromatic N) is 1. The Morgan fingerprint density at radius 3 is 2.45 bits per heavy atom. The van der Waals surface area contributed by atoms with E-state index in [-0.39, 0.29) is 23.1 Å². The molecular formula is C23H27N3O4S. The molecule has 0 radical (unpaired) electrons. The summed E-state index contributed by atoms with van der Waals surface area (Å²) in [5.41, 5.74) is 1.59. The lowest BCUT2D eigenvalue weighted by molar-refractivity contribution is -0.129. The lowest BCUT2D eigenvalue weighted by Gasteiger charge is -2.32. The van der Waals surface area contributed by atoms with E-state index >= 15 is 0 Å². The van der Waals surface area contributed by atoms with Crippen molar-refractivity contribution in [2.45, 2.75) is 50.6 Å². The van der Waals surface area contributed by atoms with Crippen molar-refractivity contribution in [2.75, 3.05) is 5.32 Å². The van der Waals surface area contributed by atoms with Gasteiger partial charge in [-0.05, 0) is 56.2 Å². The first-order chi connectivity index (χ1) is 14.5. The van der Waals surface area contributed by atoms with Crippen LogP contribution in [0.5, 0.6) is 0 Å². The summed E-state index contributed by atoms with van der Waals surface area (Å²) in [5, 5.41) is 2.76. The van der Waals surface area contributed by atoms with E-state index in [9.17, 15) is 18.0 Å². The average molecular weight is 442 g/mol. The zero-order valence-corrected chi connectivity index (χ0v) is 18.9. The molecule has 3 rings (SSSR count). The molecule has 164 valence electrons. The fourth-order valence-electron chi connectivity index (χ4n) is 3.50. The number of carbonyl (C=O) groups is 2. The molecule has 0 bridgehead atoms. The van der Waals surface area contributed by atoms with Gasteiger partial charge >= 0.3 is 0 Å². The van der Waals surface area contributed by atoms with Crippen molar-refractivity contribution < 1.29 is 18.0 Å². The molecule has 0 spiro atoms. The second kappa shape index (κ2) is 8.64. The van der Waals surface area contributed by atoms with E-state index in [2.05, 4.69) is 10.0 Å². The lowest BCUT2D eigenvalue weighted by atomic mass is 9.93. The van der Waals surface area contributed by atoms with E-state index in [0.29, 0.717) is 5.69 Å². The fraction of sp³-hybridized carbons (Fsp3) is 0.304. The molecule has 0 saturated heterocycles. The van der Waals surface area contributed by atoms with Crippen molar-refractivity contribution in [3.8, 4) is 0 Å². The molecule has 0 fully saturated rings. The van der Waals surface area contributed by atoms with E-state index < -0.39 is 21.6 Å². The van der Waals surface area contributed by atoms with Crippen LogP contribution in [0.3, 0.4) is 0 Å². The Balaban J connectivity index is 1.79. The van der Waals surface area contributed by atoms with Crippen molar-refractivity contribution in [3.63, 3.8) is 0 Å². The van der Waals surface area contributed by atoms with Gasteiger partial charge in [0, 0.05) is 24.4 Å². The van der Waals surface area contributed by atoms with E-state index in [0.717, 1.165) is 11.1 Å². The summed E-state index contributed by atoms with van der Waals surface area (Å²) in [6.07, 6.45) is 3.58. The van der Waals surface area contributed by atoms with Gasteiger partial charge < -0.3 is 10.2 Å². The van der Waals surface area contributed by atoms with Gasteiger partial charge in [0.25, 0.3) is 0 Å². The maximum Gasteiger partial charge on any atom is 0.241 e. The first kappa shape index (κ1) is 22.7. The van der Waals surface area contributed by atoms with Crippen LogP contribution in [0.2, 0.25) is 0 Å². The summed E-state index contributed by atoms with van der Waals surface area (Å²) in [7, 11) is -3.73. The average Bonchev–Trinajstić information content (AvgIpc) is 2.66. The van der Waals surface area contributed by atoms with Crippen molar-refractivity contribution in [2.24, 2.45) is 0 Å². The molecule has 8 heteroatoms. The Kier molecular flexibility index (Phi) is 6.33. The van der Waals surface area contributed by atoms with Gasteiger partial charge in [-0.3, -0.25) is 9.59 Å². The van der Waals surface area contributed by atoms with Crippen LogP contribution in [0.15, 0.2) is 59.6 Å². The number of carbonyl (C=O) groups excluding carboxylic acids is 2. The Morgan fingerprint density at radius 1 is 1.06 bits per heavy atom. The topological polar surface area (TPSA) is 95.6 Å². The predicted octanol–water partition coefficient (Wildman–Crippen LogP) is 3.67. The maximum atomic E-state index is 12.8. The second-order valence-electron chi connectivity index (χ2n) is 8.52. The van der Waals surface area contributed by atoms with Crippen LogP contribution >= 0.6 is 0 Å². The van der Waals surface area contributed by atoms with Crippen LogP contribution in [0.25, 0.3) is 6.08 Å². The molecule has 1 atom stereocenters. The van der Waals surface area contributed by atoms with Gasteiger partial charge in [0.15, 0.2) is 0 Å². The van der Waals surface area contributed by atoms with E-state index in [4.69, 9.17) is 0 Å². The van der Waals surface area contributed by atoms with Crippen LogP contribution in [0, 0.1) is 0 Å². The highest BCUT2D eigenvalue weighted by molar-refractivity contribution is 7.89. The first-order valence-electron chi connectivity index (χ1n) is 9.96. The third-order valence-electron chi connectivity index (χ3n) is 4.72. The highest BCUT2D eigenvalue weighted by atomic mass is 32.2. The predicted molar refractivity (Wildman–Crippen MR) is 121 cm³/mol. The summed E-state index contributed by atoms with van der Waals surface area (Å²) < 4.78 is 27.8. The zero-order valence-electron chi connectivity index (χ0n) is 18.0. The van der Waals surface area contributed by atoms with Gasteiger partial charge in [-0.25, -0.2) is 13.1 Å². The van der Waals surface area contributed by atoms with E-state index in [1.807, 2.05) is 30.3 Å². The lowest BCUT2D eigenvalue weighted by Crippen LogP contribution is -2.40. The Bertz CT molecular complexity index is 1130.